The van der Waals surface area contributed by atoms with E-state index in [9.17, 15) is 20.1 Å². The molecule has 0 fully saturated rings. The number of rotatable bonds is 16. The Bertz CT molecular complexity index is 636. The van der Waals surface area contributed by atoms with Crippen LogP contribution in [0, 0.1) is 22.7 Å². The number of aliphatic hydroxyl groups excluding tert-OH is 4. The molecule has 180 valence electrons. The Balaban J connectivity index is 5.14. The summed E-state index contributed by atoms with van der Waals surface area (Å²) >= 11 is 0. The SMILES string of the molecule is CC(C#N)(CCC(=O)N(CCO)CCO)N=NC(C)(C#N)CCC(=O)N(CCO)CCO. The second-order valence-corrected chi connectivity index (χ2v) is 7.63. The standard InChI is InChI=1S/C20H34N6O6/c1-19(15-21,5-3-17(31)25(7-11-27)8-12-28)23-24-20(2,16-22)6-4-18(32)26(9-13-29)10-14-30/h27-30H,3-14H2,1-2H3. The number of carbonyl (C=O) groups is 2. The third-order valence-corrected chi connectivity index (χ3v) is 4.81. The van der Waals surface area contributed by atoms with Crippen molar-refractivity contribution in [2.24, 2.45) is 10.2 Å². The van der Waals surface area contributed by atoms with Crippen molar-refractivity contribution in [3.05, 3.63) is 0 Å². The van der Waals surface area contributed by atoms with E-state index in [1.165, 1.54) is 23.6 Å². The van der Waals surface area contributed by atoms with Gasteiger partial charge in [-0.05, 0) is 26.7 Å². The fourth-order valence-electron chi connectivity index (χ4n) is 2.70. The number of azo groups is 1. The van der Waals surface area contributed by atoms with Crippen LogP contribution in [-0.2, 0) is 9.59 Å². The van der Waals surface area contributed by atoms with E-state index >= 15 is 0 Å². The normalized spacial score (nSPS) is 14.8. The molecule has 0 aromatic carbocycles. The summed E-state index contributed by atoms with van der Waals surface area (Å²) in [4.78, 5) is 27.1. The van der Waals surface area contributed by atoms with Crippen LogP contribution in [0.15, 0.2) is 10.2 Å². The maximum Gasteiger partial charge on any atom is 0.222 e. The monoisotopic (exact) mass is 454 g/mol. The molecule has 0 rings (SSSR count). The largest absolute Gasteiger partial charge is 0.395 e. The Hall–Kier alpha value is -2.64. The van der Waals surface area contributed by atoms with Crippen molar-refractivity contribution in [1.82, 2.24) is 9.80 Å². The molecule has 0 aromatic rings. The van der Waals surface area contributed by atoms with Crippen LogP contribution in [0.5, 0.6) is 0 Å². The van der Waals surface area contributed by atoms with E-state index in [2.05, 4.69) is 10.2 Å². The van der Waals surface area contributed by atoms with Gasteiger partial charge in [0.2, 0.25) is 11.8 Å². The number of nitrogens with zero attached hydrogens (tertiary/aromatic N) is 6. The highest BCUT2D eigenvalue weighted by molar-refractivity contribution is 5.76. The van der Waals surface area contributed by atoms with E-state index in [4.69, 9.17) is 20.4 Å². The predicted octanol–water partition coefficient (Wildman–Crippen LogP) is -0.810. The van der Waals surface area contributed by atoms with E-state index in [1.807, 2.05) is 12.1 Å². The number of nitriles is 2. The fraction of sp³-hybridized carbons (Fsp3) is 0.800. The summed E-state index contributed by atoms with van der Waals surface area (Å²) in [6, 6.07) is 3.96. The van der Waals surface area contributed by atoms with Gasteiger partial charge in [-0.3, -0.25) is 9.59 Å². The molecule has 2 unspecified atom stereocenters. The average molecular weight is 455 g/mol. The maximum atomic E-state index is 12.3. The number of amides is 2. The van der Waals surface area contributed by atoms with Crippen LogP contribution in [0.4, 0.5) is 0 Å². The van der Waals surface area contributed by atoms with Crippen LogP contribution < -0.4 is 0 Å². The highest BCUT2D eigenvalue weighted by atomic mass is 16.3. The fourth-order valence-corrected chi connectivity index (χ4v) is 2.70. The molecule has 0 heterocycles. The van der Waals surface area contributed by atoms with Gasteiger partial charge in [-0.25, -0.2) is 0 Å². The zero-order valence-electron chi connectivity index (χ0n) is 18.8. The number of carbonyl (C=O) groups excluding carboxylic acids is 2. The zero-order chi connectivity index (χ0) is 24.6. The first kappa shape index (κ1) is 29.4. The van der Waals surface area contributed by atoms with Gasteiger partial charge >= 0.3 is 0 Å². The molecule has 0 radical (unpaired) electrons. The van der Waals surface area contributed by atoms with Crippen molar-refractivity contribution in [3.8, 4) is 12.1 Å². The molecule has 0 aliphatic rings. The zero-order valence-corrected chi connectivity index (χ0v) is 18.8. The summed E-state index contributed by atoms with van der Waals surface area (Å²) in [5, 5.41) is 63.2. The van der Waals surface area contributed by atoms with Crippen molar-refractivity contribution in [2.75, 3.05) is 52.6 Å². The molecule has 2 atom stereocenters. The number of hydrogen-bond acceptors (Lipinski definition) is 10. The molecule has 4 N–H and O–H groups in total. The third-order valence-electron chi connectivity index (χ3n) is 4.81. The first-order chi connectivity index (χ1) is 15.1. The molecule has 2 amide bonds. The maximum absolute atomic E-state index is 12.3. The van der Waals surface area contributed by atoms with E-state index < -0.39 is 11.1 Å². The van der Waals surface area contributed by atoms with Crippen molar-refractivity contribution in [1.29, 1.82) is 10.5 Å². The van der Waals surface area contributed by atoms with Gasteiger partial charge in [-0.1, -0.05) is 0 Å². The van der Waals surface area contributed by atoms with Crippen LogP contribution >= 0.6 is 0 Å². The van der Waals surface area contributed by atoms with E-state index in [0.29, 0.717) is 0 Å². The first-order valence-electron chi connectivity index (χ1n) is 10.4. The van der Waals surface area contributed by atoms with Crippen LogP contribution in [0.2, 0.25) is 0 Å². The summed E-state index contributed by atoms with van der Waals surface area (Å²) in [5.74, 6) is -0.711. The molecule has 0 aliphatic carbocycles. The second-order valence-electron chi connectivity index (χ2n) is 7.63. The molecule has 12 heteroatoms. The lowest BCUT2D eigenvalue weighted by molar-refractivity contribution is -0.133. The van der Waals surface area contributed by atoms with Crippen molar-refractivity contribution in [2.45, 2.75) is 50.6 Å². The van der Waals surface area contributed by atoms with Crippen molar-refractivity contribution >= 4 is 11.8 Å². The van der Waals surface area contributed by atoms with Crippen molar-refractivity contribution in [3.63, 3.8) is 0 Å². The molecule has 0 saturated carbocycles. The quantitative estimate of drug-likeness (QED) is 0.217. The van der Waals surface area contributed by atoms with Crippen LogP contribution in [0.25, 0.3) is 0 Å². The lowest BCUT2D eigenvalue weighted by Gasteiger charge is -2.24. The minimum absolute atomic E-state index is 0.0143. The highest BCUT2D eigenvalue weighted by Crippen LogP contribution is 2.24. The van der Waals surface area contributed by atoms with Gasteiger partial charge in [-0.15, -0.1) is 0 Å². The summed E-state index contributed by atoms with van der Waals surface area (Å²) in [5.41, 5.74) is -2.77. The van der Waals surface area contributed by atoms with Gasteiger partial charge in [0.15, 0.2) is 11.1 Å². The van der Waals surface area contributed by atoms with Crippen molar-refractivity contribution < 1.29 is 30.0 Å². The molecule has 32 heavy (non-hydrogen) atoms. The molecule has 12 nitrogen and oxygen atoms in total. The van der Waals surface area contributed by atoms with Crippen LogP contribution in [0.1, 0.15) is 39.5 Å². The molecule has 0 aliphatic heterocycles. The molecular formula is C20H34N6O6. The van der Waals surface area contributed by atoms with Crippen LogP contribution in [-0.4, -0.2) is 106 Å². The number of aliphatic hydroxyl groups is 4. The minimum Gasteiger partial charge on any atom is -0.395 e. The summed E-state index contributed by atoms with van der Waals surface area (Å²) in [6.45, 7) is 2.18. The van der Waals surface area contributed by atoms with Gasteiger partial charge < -0.3 is 30.2 Å². The van der Waals surface area contributed by atoms with E-state index in [0.717, 1.165) is 0 Å². The highest BCUT2D eigenvalue weighted by Gasteiger charge is 2.30. The Morgan fingerprint density at radius 2 is 1.00 bits per heavy atom. The number of hydrogen-bond donors (Lipinski definition) is 4. The van der Waals surface area contributed by atoms with E-state index in [-0.39, 0.29) is 90.1 Å². The summed E-state index contributed by atoms with van der Waals surface area (Å²) in [7, 11) is 0. The topological polar surface area (TPSA) is 194 Å². The molecule has 0 aromatic heterocycles. The smallest absolute Gasteiger partial charge is 0.222 e. The molecule has 0 bridgehead atoms. The Morgan fingerprint density at radius 1 is 0.719 bits per heavy atom. The molecule has 0 saturated heterocycles. The van der Waals surface area contributed by atoms with Gasteiger partial charge in [-0.2, -0.15) is 20.8 Å². The minimum atomic E-state index is -1.39. The third kappa shape index (κ3) is 10.6. The average Bonchev–Trinajstić information content (AvgIpc) is 2.79. The van der Waals surface area contributed by atoms with Crippen LogP contribution in [0.3, 0.4) is 0 Å². The molecular weight excluding hydrogens is 420 g/mol. The first-order valence-corrected chi connectivity index (χ1v) is 10.4. The second kappa shape index (κ2) is 15.2. The molecule has 0 spiro atoms. The lowest BCUT2D eigenvalue weighted by atomic mass is 9.97. The lowest BCUT2D eigenvalue weighted by Crippen LogP contribution is -2.37. The van der Waals surface area contributed by atoms with Gasteiger partial charge in [0.25, 0.3) is 0 Å². The Morgan fingerprint density at radius 3 is 1.22 bits per heavy atom. The Kier molecular flexibility index (Phi) is 14.0. The van der Waals surface area contributed by atoms with E-state index in [1.54, 1.807) is 0 Å². The summed E-state index contributed by atoms with van der Waals surface area (Å²) < 4.78 is 0. The van der Waals surface area contributed by atoms with Gasteiger partial charge in [0.1, 0.15) is 0 Å². The Labute approximate surface area is 188 Å². The van der Waals surface area contributed by atoms with Gasteiger partial charge in [0.05, 0.1) is 38.6 Å². The predicted molar refractivity (Wildman–Crippen MR) is 113 cm³/mol. The van der Waals surface area contributed by atoms with Gasteiger partial charge in [0, 0.05) is 39.0 Å². The summed E-state index contributed by atoms with van der Waals surface area (Å²) in [6.07, 6.45) is -0.106.